The van der Waals surface area contributed by atoms with Gasteiger partial charge in [0.1, 0.15) is 6.10 Å². The molecule has 1 saturated heterocycles. The minimum atomic E-state index is -2.56. The first-order valence-electron chi connectivity index (χ1n) is 8.20. The van der Waals surface area contributed by atoms with Gasteiger partial charge >= 0.3 is 0 Å². The van der Waals surface area contributed by atoms with Gasteiger partial charge < -0.3 is 20.5 Å². The van der Waals surface area contributed by atoms with Crippen molar-refractivity contribution in [3.63, 3.8) is 0 Å². The normalized spacial score (nSPS) is 30.4. The third kappa shape index (κ3) is 4.30. The molecule has 1 saturated carbocycles. The van der Waals surface area contributed by atoms with Crippen molar-refractivity contribution in [2.75, 3.05) is 13.2 Å². The van der Waals surface area contributed by atoms with Crippen molar-refractivity contribution in [2.24, 2.45) is 0 Å². The first kappa shape index (κ1) is 17.7. The summed E-state index contributed by atoms with van der Waals surface area (Å²) in [6.07, 6.45) is -0.692. The lowest BCUT2D eigenvalue weighted by Crippen LogP contribution is -2.49. The fraction of sp³-hybridized carbons (Fsp3) is 0.688. The molecule has 2 fully saturated rings. The second kappa shape index (κ2) is 7.43. The average Bonchev–Trinajstić information content (AvgIpc) is 3.19. The number of thiophene rings is 1. The number of hydrogen-bond donors (Lipinski definition) is 3. The maximum atomic E-state index is 13.2. The molecule has 2 aliphatic rings. The van der Waals surface area contributed by atoms with E-state index in [1.807, 2.05) is 5.38 Å². The molecule has 1 aliphatic heterocycles. The summed E-state index contributed by atoms with van der Waals surface area (Å²) in [7, 11) is 0. The summed E-state index contributed by atoms with van der Waals surface area (Å²) in [5.74, 6) is -2.75. The molecule has 8 heteroatoms. The Balaban J connectivity index is 1.43. The Kier molecular flexibility index (Phi) is 5.49. The predicted molar refractivity (Wildman–Crippen MR) is 86.5 cm³/mol. The second-order valence-corrected chi connectivity index (χ2v) is 7.40. The molecular weight excluding hydrogens is 338 g/mol. The smallest absolute Gasteiger partial charge is 0.261 e. The molecule has 3 N–H and O–H groups in total. The molecule has 3 rings (SSSR count). The zero-order chi connectivity index (χ0) is 17.2. The minimum absolute atomic E-state index is 0.0210. The van der Waals surface area contributed by atoms with E-state index in [2.05, 4.69) is 10.6 Å². The van der Waals surface area contributed by atoms with Crippen LogP contribution in [0.1, 0.15) is 35.4 Å². The molecule has 3 unspecified atom stereocenters. The fourth-order valence-corrected chi connectivity index (χ4v) is 3.85. The molecule has 24 heavy (non-hydrogen) atoms. The highest BCUT2D eigenvalue weighted by Crippen LogP contribution is 2.33. The summed E-state index contributed by atoms with van der Waals surface area (Å²) in [5.41, 5.74) is 0. The number of halogens is 2. The molecular formula is C16H22F2N2O3S. The van der Waals surface area contributed by atoms with Crippen LogP contribution in [0.15, 0.2) is 17.5 Å². The van der Waals surface area contributed by atoms with E-state index in [0.29, 0.717) is 24.3 Å². The number of carbonyl (C=O) groups excluding carboxylic acids is 1. The van der Waals surface area contributed by atoms with Crippen molar-refractivity contribution in [3.8, 4) is 0 Å². The summed E-state index contributed by atoms with van der Waals surface area (Å²) in [6, 6.07) is 3.22. The van der Waals surface area contributed by atoms with E-state index in [9.17, 15) is 18.7 Å². The van der Waals surface area contributed by atoms with Gasteiger partial charge in [-0.05, 0) is 24.3 Å². The van der Waals surface area contributed by atoms with Crippen LogP contribution in [0.5, 0.6) is 0 Å². The van der Waals surface area contributed by atoms with Crippen LogP contribution in [0, 0.1) is 0 Å². The highest BCUT2D eigenvalue weighted by Gasteiger charge is 2.40. The summed E-state index contributed by atoms with van der Waals surface area (Å²) in [6.45, 7) is 0.534. The first-order valence-corrected chi connectivity index (χ1v) is 9.08. The van der Waals surface area contributed by atoms with Crippen LogP contribution < -0.4 is 10.6 Å². The Morgan fingerprint density at radius 1 is 1.42 bits per heavy atom. The van der Waals surface area contributed by atoms with Crippen LogP contribution in [-0.2, 0) is 4.74 Å². The summed E-state index contributed by atoms with van der Waals surface area (Å²) in [4.78, 5) is 12.5. The molecule has 0 bridgehead atoms. The third-order valence-corrected chi connectivity index (χ3v) is 5.53. The zero-order valence-corrected chi connectivity index (χ0v) is 14.0. The lowest BCUT2D eigenvalue weighted by Gasteiger charge is -2.31. The molecule has 0 radical (unpaired) electrons. The number of nitrogens with one attached hydrogen (secondary N) is 2. The number of hydrogen-bond acceptors (Lipinski definition) is 5. The van der Waals surface area contributed by atoms with E-state index in [0.717, 1.165) is 0 Å². The standard InChI is InChI=1S/C16H22F2N2O3S/c17-16(18)5-3-10(4-6-16)20-11-9-23-12(14(11)21)8-19-15(22)13-2-1-7-24-13/h1-2,7,10-12,14,20-21H,3-6,8-9H2,(H,19,22). The molecule has 3 atom stereocenters. The van der Waals surface area contributed by atoms with Gasteiger partial charge in [0.05, 0.1) is 23.6 Å². The zero-order valence-electron chi connectivity index (χ0n) is 13.2. The second-order valence-electron chi connectivity index (χ2n) is 6.45. The lowest BCUT2D eigenvalue weighted by atomic mass is 9.91. The Labute approximate surface area is 143 Å². The molecule has 1 aromatic heterocycles. The van der Waals surface area contributed by atoms with Gasteiger partial charge in [0, 0.05) is 25.4 Å². The van der Waals surface area contributed by atoms with Crippen LogP contribution in [0.4, 0.5) is 8.78 Å². The molecule has 1 aliphatic carbocycles. The van der Waals surface area contributed by atoms with Gasteiger partial charge in [-0.3, -0.25) is 4.79 Å². The van der Waals surface area contributed by atoms with E-state index in [4.69, 9.17) is 4.74 Å². The maximum absolute atomic E-state index is 13.2. The SMILES string of the molecule is O=C(NCC1OCC(NC2CCC(F)(F)CC2)C1O)c1cccs1. The van der Waals surface area contributed by atoms with Crippen LogP contribution in [-0.4, -0.2) is 54.4 Å². The topological polar surface area (TPSA) is 70.6 Å². The van der Waals surface area contributed by atoms with Gasteiger partial charge in [-0.25, -0.2) is 8.78 Å². The monoisotopic (exact) mass is 360 g/mol. The Morgan fingerprint density at radius 2 is 2.17 bits per heavy atom. The van der Waals surface area contributed by atoms with Crippen molar-refractivity contribution in [1.82, 2.24) is 10.6 Å². The molecule has 134 valence electrons. The van der Waals surface area contributed by atoms with E-state index in [1.54, 1.807) is 12.1 Å². The lowest BCUT2D eigenvalue weighted by molar-refractivity contribution is -0.0421. The van der Waals surface area contributed by atoms with Crippen molar-refractivity contribution < 1.29 is 23.4 Å². The number of ether oxygens (including phenoxy) is 1. The van der Waals surface area contributed by atoms with Gasteiger partial charge in [-0.1, -0.05) is 6.07 Å². The summed E-state index contributed by atoms with van der Waals surface area (Å²) < 4.78 is 31.9. The Hall–Kier alpha value is -1.09. The van der Waals surface area contributed by atoms with Crippen LogP contribution >= 0.6 is 11.3 Å². The molecule has 5 nitrogen and oxygen atoms in total. The molecule has 1 amide bonds. The van der Waals surface area contributed by atoms with Crippen molar-refractivity contribution in [1.29, 1.82) is 0 Å². The van der Waals surface area contributed by atoms with Gasteiger partial charge in [0.25, 0.3) is 5.91 Å². The van der Waals surface area contributed by atoms with Gasteiger partial charge in [-0.15, -0.1) is 11.3 Å². The number of aliphatic hydroxyl groups is 1. The van der Waals surface area contributed by atoms with E-state index < -0.39 is 18.1 Å². The largest absolute Gasteiger partial charge is 0.389 e. The average molecular weight is 360 g/mol. The predicted octanol–water partition coefficient (Wildman–Crippen LogP) is 1.77. The van der Waals surface area contributed by atoms with Gasteiger partial charge in [-0.2, -0.15) is 0 Å². The van der Waals surface area contributed by atoms with Crippen LogP contribution in [0.2, 0.25) is 0 Å². The number of carbonyl (C=O) groups is 1. The quantitative estimate of drug-likeness (QED) is 0.749. The molecule has 0 aromatic carbocycles. The van der Waals surface area contributed by atoms with E-state index in [-0.39, 0.29) is 37.4 Å². The van der Waals surface area contributed by atoms with E-state index in [1.165, 1.54) is 11.3 Å². The van der Waals surface area contributed by atoms with Crippen LogP contribution in [0.25, 0.3) is 0 Å². The minimum Gasteiger partial charge on any atom is -0.389 e. The summed E-state index contributed by atoms with van der Waals surface area (Å²) in [5, 5.41) is 18.1. The van der Waals surface area contributed by atoms with Gasteiger partial charge in [0.15, 0.2) is 0 Å². The number of rotatable bonds is 5. The Bertz CT molecular complexity index is 546. The fourth-order valence-electron chi connectivity index (χ4n) is 3.21. The Morgan fingerprint density at radius 3 is 2.83 bits per heavy atom. The summed E-state index contributed by atoms with van der Waals surface area (Å²) >= 11 is 1.35. The van der Waals surface area contributed by atoms with Crippen molar-refractivity contribution >= 4 is 17.2 Å². The number of alkyl halides is 2. The molecule has 1 aromatic rings. The van der Waals surface area contributed by atoms with Gasteiger partial charge in [0.2, 0.25) is 5.92 Å². The van der Waals surface area contributed by atoms with Crippen LogP contribution in [0.3, 0.4) is 0 Å². The van der Waals surface area contributed by atoms with Crippen molar-refractivity contribution in [2.45, 2.75) is 55.9 Å². The van der Waals surface area contributed by atoms with E-state index >= 15 is 0 Å². The number of amides is 1. The highest BCUT2D eigenvalue weighted by atomic mass is 32.1. The van der Waals surface area contributed by atoms with Crippen molar-refractivity contribution in [3.05, 3.63) is 22.4 Å². The third-order valence-electron chi connectivity index (χ3n) is 4.66. The highest BCUT2D eigenvalue weighted by molar-refractivity contribution is 7.12. The maximum Gasteiger partial charge on any atom is 0.261 e. The first-order chi connectivity index (χ1) is 11.4. The molecule has 2 heterocycles. The molecule has 0 spiro atoms. The number of aliphatic hydroxyl groups excluding tert-OH is 1.